The maximum atomic E-state index is 12.4. The van der Waals surface area contributed by atoms with E-state index in [0.717, 1.165) is 24.9 Å². The van der Waals surface area contributed by atoms with E-state index in [0.29, 0.717) is 26.2 Å². The third kappa shape index (κ3) is 4.59. The zero-order valence-electron chi connectivity index (χ0n) is 12.7. The molecule has 2 unspecified atom stereocenters. The Bertz CT molecular complexity index is 477. The molecule has 0 bridgehead atoms. The van der Waals surface area contributed by atoms with Crippen molar-refractivity contribution in [1.29, 1.82) is 0 Å². The highest BCUT2D eigenvalue weighted by Crippen LogP contribution is 2.13. The third-order valence-corrected chi connectivity index (χ3v) is 3.96. The molecule has 1 amide bonds. The van der Waals surface area contributed by atoms with Gasteiger partial charge in [-0.05, 0) is 31.9 Å². The van der Waals surface area contributed by atoms with Crippen molar-refractivity contribution in [3.63, 3.8) is 0 Å². The lowest BCUT2D eigenvalue weighted by atomic mass is 10.1. The highest BCUT2D eigenvalue weighted by atomic mass is 35.5. The number of carbonyl (C=O) groups excluding carboxylic acids is 1. The van der Waals surface area contributed by atoms with Crippen LogP contribution in [-0.4, -0.2) is 59.0 Å². The fourth-order valence-electron chi connectivity index (χ4n) is 2.92. The van der Waals surface area contributed by atoms with Gasteiger partial charge in [0.25, 0.3) is 0 Å². The number of rotatable bonds is 3. The Balaban J connectivity index is 0.00000121. The van der Waals surface area contributed by atoms with E-state index < -0.39 is 0 Å². The van der Waals surface area contributed by atoms with Gasteiger partial charge in [0.05, 0.1) is 31.5 Å². The van der Waals surface area contributed by atoms with E-state index in [1.54, 1.807) is 0 Å². The zero-order chi connectivity index (χ0) is 13.9. The number of halogens is 2. The maximum Gasteiger partial charge on any atom is 0.239 e. The Morgan fingerprint density at radius 1 is 1.50 bits per heavy atom. The number of nitrogens with zero attached hydrogens (tertiary/aromatic N) is 3. The molecule has 2 aliphatic rings. The molecule has 126 valence electrons. The van der Waals surface area contributed by atoms with Crippen LogP contribution in [0.4, 0.5) is 0 Å². The third-order valence-electron chi connectivity index (χ3n) is 3.96. The van der Waals surface area contributed by atoms with Gasteiger partial charge in [-0.1, -0.05) is 0 Å². The molecule has 3 heterocycles. The summed E-state index contributed by atoms with van der Waals surface area (Å²) in [6, 6.07) is 0.0145. The summed E-state index contributed by atoms with van der Waals surface area (Å²) in [5.41, 5.74) is 1.14. The second-order valence-electron chi connectivity index (χ2n) is 5.67. The van der Waals surface area contributed by atoms with Gasteiger partial charge in [0.15, 0.2) is 0 Å². The number of ether oxygens (including phenoxy) is 1. The minimum Gasteiger partial charge on any atom is -0.373 e. The second-order valence-corrected chi connectivity index (χ2v) is 5.67. The van der Waals surface area contributed by atoms with Crippen molar-refractivity contribution in [1.82, 2.24) is 20.0 Å². The smallest absolute Gasteiger partial charge is 0.239 e. The highest BCUT2D eigenvalue weighted by Gasteiger charge is 2.30. The van der Waals surface area contributed by atoms with Crippen LogP contribution in [0.5, 0.6) is 0 Å². The molecule has 1 N–H and O–H groups in total. The molecule has 0 aliphatic carbocycles. The van der Waals surface area contributed by atoms with Gasteiger partial charge < -0.3 is 15.0 Å². The van der Waals surface area contributed by atoms with Crippen molar-refractivity contribution in [3.05, 3.63) is 18.0 Å². The quantitative estimate of drug-likeness (QED) is 0.883. The molecule has 0 aromatic carbocycles. The molecule has 3 rings (SSSR count). The Kier molecular flexibility index (Phi) is 7.62. The molecule has 2 aliphatic heterocycles. The van der Waals surface area contributed by atoms with E-state index in [1.807, 2.05) is 28.9 Å². The van der Waals surface area contributed by atoms with Gasteiger partial charge in [-0.15, -0.1) is 24.8 Å². The molecule has 2 fully saturated rings. The van der Waals surface area contributed by atoms with Crippen LogP contribution in [0.3, 0.4) is 0 Å². The molecular formula is C14H24Cl2N4O2. The average molecular weight is 351 g/mol. The molecule has 0 spiro atoms. The van der Waals surface area contributed by atoms with Crippen molar-refractivity contribution in [3.8, 4) is 0 Å². The van der Waals surface area contributed by atoms with Crippen LogP contribution in [0, 0.1) is 6.92 Å². The molecule has 0 saturated carbocycles. The van der Waals surface area contributed by atoms with Gasteiger partial charge >= 0.3 is 0 Å². The number of nitrogens with one attached hydrogen (secondary N) is 1. The molecule has 2 atom stereocenters. The van der Waals surface area contributed by atoms with Crippen molar-refractivity contribution in [2.24, 2.45) is 0 Å². The van der Waals surface area contributed by atoms with Crippen molar-refractivity contribution < 1.29 is 9.53 Å². The second kappa shape index (κ2) is 8.72. The lowest BCUT2D eigenvalue weighted by molar-refractivity contribution is -0.141. The topological polar surface area (TPSA) is 59.4 Å². The summed E-state index contributed by atoms with van der Waals surface area (Å²) in [5, 5.41) is 7.55. The Morgan fingerprint density at radius 3 is 2.95 bits per heavy atom. The fourth-order valence-corrected chi connectivity index (χ4v) is 2.92. The van der Waals surface area contributed by atoms with Crippen molar-refractivity contribution >= 4 is 30.7 Å². The van der Waals surface area contributed by atoms with E-state index in [9.17, 15) is 4.79 Å². The summed E-state index contributed by atoms with van der Waals surface area (Å²) in [5.74, 6) is 0.229. The van der Waals surface area contributed by atoms with Crippen LogP contribution in [-0.2, 0) is 16.1 Å². The van der Waals surface area contributed by atoms with Crippen LogP contribution in [0.2, 0.25) is 0 Å². The predicted molar refractivity (Wildman–Crippen MR) is 88.8 cm³/mol. The zero-order valence-corrected chi connectivity index (χ0v) is 14.4. The number of morpholine rings is 1. The van der Waals surface area contributed by atoms with Crippen LogP contribution < -0.4 is 5.32 Å². The van der Waals surface area contributed by atoms with Gasteiger partial charge in [0, 0.05) is 19.3 Å². The highest BCUT2D eigenvalue weighted by molar-refractivity contribution is 5.85. The maximum absolute atomic E-state index is 12.4. The van der Waals surface area contributed by atoms with Crippen molar-refractivity contribution in [2.75, 3.05) is 26.2 Å². The summed E-state index contributed by atoms with van der Waals surface area (Å²) in [7, 11) is 0. The number of carbonyl (C=O) groups is 1. The SMILES string of the molecule is Cc1cnn(CC2CN(C(=O)C3CCCN3)CCO2)c1.Cl.Cl. The van der Waals surface area contributed by atoms with Crippen LogP contribution in [0.15, 0.2) is 12.4 Å². The van der Waals surface area contributed by atoms with E-state index in [-0.39, 0.29) is 42.9 Å². The Labute approximate surface area is 143 Å². The van der Waals surface area contributed by atoms with E-state index in [2.05, 4.69) is 10.4 Å². The van der Waals surface area contributed by atoms with E-state index in [4.69, 9.17) is 4.74 Å². The molecule has 22 heavy (non-hydrogen) atoms. The van der Waals surface area contributed by atoms with Gasteiger partial charge in [-0.3, -0.25) is 9.48 Å². The molecule has 8 heteroatoms. The lowest BCUT2D eigenvalue weighted by Crippen LogP contribution is -2.52. The molecule has 6 nitrogen and oxygen atoms in total. The molecular weight excluding hydrogens is 327 g/mol. The first-order valence-electron chi connectivity index (χ1n) is 7.35. The predicted octanol–water partition coefficient (Wildman–Crippen LogP) is 1.01. The molecule has 2 saturated heterocycles. The van der Waals surface area contributed by atoms with Gasteiger partial charge in [-0.2, -0.15) is 5.10 Å². The lowest BCUT2D eigenvalue weighted by Gasteiger charge is -2.34. The monoisotopic (exact) mass is 350 g/mol. The first-order chi connectivity index (χ1) is 9.72. The average Bonchev–Trinajstić information content (AvgIpc) is 3.10. The summed E-state index contributed by atoms with van der Waals surface area (Å²) in [6.07, 6.45) is 5.93. The van der Waals surface area contributed by atoms with E-state index in [1.165, 1.54) is 0 Å². The number of aromatic nitrogens is 2. The first kappa shape index (κ1) is 19.2. The number of aryl methyl sites for hydroxylation is 1. The Morgan fingerprint density at radius 2 is 2.32 bits per heavy atom. The van der Waals surface area contributed by atoms with E-state index >= 15 is 0 Å². The minimum atomic E-state index is 0. The van der Waals surface area contributed by atoms with Gasteiger partial charge in [0.2, 0.25) is 5.91 Å². The van der Waals surface area contributed by atoms with Crippen LogP contribution in [0.1, 0.15) is 18.4 Å². The summed E-state index contributed by atoms with van der Waals surface area (Å²) < 4.78 is 7.65. The normalized spacial score (nSPS) is 24.5. The first-order valence-corrected chi connectivity index (χ1v) is 7.35. The molecule has 1 aromatic heterocycles. The molecule has 0 radical (unpaired) electrons. The van der Waals surface area contributed by atoms with Crippen LogP contribution >= 0.6 is 24.8 Å². The van der Waals surface area contributed by atoms with Crippen molar-refractivity contribution in [2.45, 2.75) is 38.5 Å². The number of hydrogen-bond acceptors (Lipinski definition) is 4. The van der Waals surface area contributed by atoms with Gasteiger partial charge in [0.1, 0.15) is 0 Å². The number of amides is 1. The van der Waals surface area contributed by atoms with Crippen LogP contribution in [0.25, 0.3) is 0 Å². The minimum absolute atomic E-state index is 0. The number of hydrogen-bond donors (Lipinski definition) is 1. The summed E-state index contributed by atoms with van der Waals surface area (Å²) >= 11 is 0. The summed E-state index contributed by atoms with van der Waals surface area (Å²) in [6.45, 7) is 5.66. The summed E-state index contributed by atoms with van der Waals surface area (Å²) in [4.78, 5) is 14.3. The fraction of sp³-hybridized carbons (Fsp3) is 0.714. The Hall–Kier alpha value is -0.820. The molecule has 1 aromatic rings. The largest absolute Gasteiger partial charge is 0.373 e. The standard InChI is InChI=1S/C14H22N4O2.2ClH/c1-11-7-16-18(8-11)10-12-9-17(5-6-20-12)14(19)13-3-2-4-15-13;;/h7-8,12-13,15H,2-6,9-10H2,1H3;2*1H. The van der Waals surface area contributed by atoms with Gasteiger partial charge in [-0.25, -0.2) is 0 Å².